The van der Waals surface area contributed by atoms with E-state index in [9.17, 15) is 9.59 Å². The lowest BCUT2D eigenvalue weighted by Crippen LogP contribution is -2.23. The molecule has 9 heteroatoms. The molecule has 0 fully saturated rings. The number of benzene rings is 2. The number of ether oxygens (including phenoxy) is 2. The van der Waals surface area contributed by atoms with Crippen molar-refractivity contribution in [1.82, 2.24) is 9.66 Å². The van der Waals surface area contributed by atoms with Gasteiger partial charge in [-0.05, 0) is 48.9 Å². The van der Waals surface area contributed by atoms with Crippen molar-refractivity contribution in [3.63, 3.8) is 0 Å². The lowest BCUT2D eigenvalue weighted by atomic mass is 10.2. The Bertz CT molecular complexity index is 1210. The zero-order valence-electron chi connectivity index (χ0n) is 17.3. The minimum atomic E-state index is -0.472. The summed E-state index contributed by atoms with van der Waals surface area (Å²) >= 11 is 9.64. The second-order valence-corrected chi connectivity index (χ2v) is 8.25. The molecule has 3 rings (SSSR count). The summed E-state index contributed by atoms with van der Waals surface area (Å²) in [5.41, 5.74) is 1.02. The summed E-state index contributed by atoms with van der Waals surface area (Å²) in [6.45, 7) is 5.67. The number of hydrogen-bond donors (Lipinski definition) is 0. The summed E-state index contributed by atoms with van der Waals surface area (Å²) < 4.78 is 12.3. The van der Waals surface area contributed by atoms with Gasteiger partial charge < -0.3 is 9.47 Å². The van der Waals surface area contributed by atoms with Gasteiger partial charge in [0.15, 0.2) is 6.61 Å². The third-order valence-corrected chi connectivity index (χ3v) is 5.07. The van der Waals surface area contributed by atoms with Crippen molar-refractivity contribution >= 4 is 50.6 Å². The van der Waals surface area contributed by atoms with Crippen LogP contribution in [0.15, 0.2) is 50.8 Å². The standard InChI is InChI=1S/C22H21BrClN3O4/c1-4-30-20(28)12-31-19-8-5-14(9-17(19)24)11-25-27-21(13(2)3)26-18-7-6-15(23)10-16(18)22(27)29/h5-11,13H,4,12H2,1-3H3. The molecule has 7 nitrogen and oxygen atoms in total. The van der Waals surface area contributed by atoms with Crippen molar-refractivity contribution in [1.29, 1.82) is 0 Å². The zero-order valence-corrected chi connectivity index (χ0v) is 19.6. The summed E-state index contributed by atoms with van der Waals surface area (Å²) in [6.07, 6.45) is 1.53. The largest absolute Gasteiger partial charge is 0.480 e. The number of nitrogens with zero attached hydrogens (tertiary/aromatic N) is 3. The SMILES string of the molecule is CCOC(=O)COc1ccc(C=Nn2c(C(C)C)nc3ccc(Br)cc3c2=O)cc1Cl. The van der Waals surface area contributed by atoms with Crippen LogP contribution < -0.4 is 10.3 Å². The highest BCUT2D eigenvalue weighted by Gasteiger charge is 2.14. The number of esters is 1. The van der Waals surface area contributed by atoms with Crippen LogP contribution in [-0.2, 0) is 9.53 Å². The van der Waals surface area contributed by atoms with Gasteiger partial charge in [0.25, 0.3) is 5.56 Å². The number of rotatable bonds is 7. The number of hydrogen-bond acceptors (Lipinski definition) is 6. The quantitative estimate of drug-likeness (QED) is 0.341. The van der Waals surface area contributed by atoms with E-state index in [-0.39, 0.29) is 24.7 Å². The Balaban J connectivity index is 1.91. The van der Waals surface area contributed by atoms with Gasteiger partial charge in [-0.25, -0.2) is 9.78 Å². The number of fused-ring (bicyclic) bond motifs is 1. The number of carbonyl (C=O) groups excluding carboxylic acids is 1. The van der Waals surface area contributed by atoms with Crippen LogP contribution in [-0.4, -0.2) is 35.1 Å². The molecule has 0 spiro atoms. The van der Waals surface area contributed by atoms with Crippen molar-refractivity contribution in [2.24, 2.45) is 5.10 Å². The van der Waals surface area contributed by atoms with E-state index in [1.165, 1.54) is 10.9 Å². The van der Waals surface area contributed by atoms with Crippen LogP contribution in [0, 0.1) is 0 Å². The average molecular weight is 507 g/mol. The molecule has 0 amide bonds. The first kappa shape index (κ1) is 23.0. The maximum Gasteiger partial charge on any atom is 0.344 e. The Kier molecular flexibility index (Phi) is 7.46. The van der Waals surface area contributed by atoms with Crippen LogP contribution in [0.3, 0.4) is 0 Å². The van der Waals surface area contributed by atoms with Gasteiger partial charge in [0.2, 0.25) is 0 Å². The Morgan fingerprint density at radius 1 is 1.29 bits per heavy atom. The Morgan fingerprint density at radius 2 is 2.06 bits per heavy atom. The van der Waals surface area contributed by atoms with Crippen LogP contribution in [0.5, 0.6) is 5.75 Å². The second kappa shape index (κ2) is 10.1. The van der Waals surface area contributed by atoms with E-state index < -0.39 is 5.97 Å². The Labute approximate surface area is 192 Å². The van der Waals surface area contributed by atoms with Gasteiger partial charge >= 0.3 is 5.97 Å². The highest BCUT2D eigenvalue weighted by atomic mass is 79.9. The normalized spacial score (nSPS) is 11.4. The van der Waals surface area contributed by atoms with Crippen LogP contribution in [0.25, 0.3) is 10.9 Å². The van der Waals surface area contributed by atoms with Gasteiger partial charge in [-0.3, -0.25) is 4.79 Å². The zero-order chi connectivity index (χ0) is 22.5. The van der Waals surface area contributed by atoms with E-state index >= 15 is 0 Å². The molecule has 0 radical (unpaired) electrons. The van der Waals surface area contributed by atoms with Gasteiger partial charge in [-0.15, -0.1) is 0 Å². The van der Waals surface area contributed by atoms with Gasteiger partial charge in [-0.2, -0.15) is 9.78 Å². The molecule has 31 heavy (non-hydrogen) atoms. The molecule has 0 atom stereocenters. The molecule has 0 saturated heterocycles. The predicted octanol–water partition coefficient (Wildman–Crippen LogP) is 4.76. The molecule has 0 bridgehead atoms. The number of carbonyl (C=O) groups is 1. The Hall–Kier alpha value is -2.71. The van der Waals surface area contributed by atoms with Crippen molar-refractivity contribution in [2.75, 3.05) is 13.2 Å². The fraction of sp³-hybridized carbons (Fsp3) is 0.273. The molecule has 1 heterocycles. The monoisotopic (exact) mass is 505 g/mol. The molecule has 0 saturated carbocycles. The summed E-state index contributed by atoms with van der Waals surface area (Å²) in [7, 11) is 0. The van der Waals surface area contributed by atoms with Crippen molar-refractivity contribution in [3.8, 4) is 5.75 Å². The molecule has 0 aliphatic carbocycles. The van der Waals surface area contributed by atoms with Crippen molar-refractivity contribution < 1.29 is 14.3 Å². The molecular weight excluding hydrogens is 486 g/mol. The third kappa shape index (κ3) is 5.51. The summed E-state index contributed by atoms with van der Waals surface area (Å²) in [6, 6.07) is 10.4. The molecule has 0 aliphatic heterocycles. The molecular formula is C22H21BrClN3O4. The molecule has 3 aromatic rings. The van der Waals surface area contributed by atoms with Crippen molar-refractivity contribution in [2.45, 2.75) is 26.7 Å². The Morgan fingerprint density at radius 3 is 2.74 bits per heavy atom. The van der Waals surface area contributed by atoms with E-state index in [2.05, 4.69) is 26.0 Å². The predicted molar refractivity (Wildman–Crippen MR) is 124 cm³/mol. The third-order valence-electron chi connectivity index (χ3n) is 4.28. The lowest BCUT2D eigenvalue weighted by Gasteiger charge is -2.12. The first-order chi connectivity index (χ1) is 14.8. The minimum Gasteiger partial charge on any atom is -0.480 e. The lowest BCUT2D eigenvalue weighted by molar-refractivity contribution is -0.145. The second-order valence-electron chi connectivity index (χ2n) is 6.93. The van der Waals surface area contributed by atoms with Gasteiger partial charge in [0.1, 0.15) is 11.6 Å². The summed E-state index contributed by atoms with van der Waals surface area (Å²) in [4.78, 5) is 29.1. The number of aromatic nitrogens is 2. The highest BCUT2D eigenvalue weighted by molar-refractivity contribution is 9.10. The molecule has 0 unspecified atom stereocenters. The molecule has 0 aliphatic rings. The van der Waals surface area contributed by atoms with E-state index in [1.54, 1.807) is 37.3 Å². The summed E-state index contributed by atoms with van der Waals surface area (Å²) in [5.74, 6) is 0.418. The topological polar surface area (TPSA) is 82.8 Å². The van der Waals surface area contributed by atoms with E-state index in [4.69, 9.17) is 21.1 Å². The minimum absolute atomic E-state index is 0.0138. The van der Waals surface area contributed by atoms with Crippen LogP contribution in [0.1, 0.15) is 38.1 Å². The first-order valence-corrected chi connectivity index (χ1v) is 10.8. The van der Waals surface area contributed by atoms with E-state index in [0.717, 1.165) is 4.47 Å². The van der Waals surface area contributed by atoms with Gasteiger partial charge in [0, 0.05) is 10.4 Å². The average Bonchev–Trinajstić information content (AvgIpc) is 2.72. The van der Waals surface area contributed by atoms with Crippen LogP contribution in [0.4, 0.5) is 0 Å². The molecule has 2 aromatic carbocycles. The van der Waals surface area contributed by atoms with Gasteiger partial charge in [0.05, 0.1) is 28.7 Å². The maximum atomic E-state index is 13.0. The van der Waals surface area contributed by atoms with E-state index in [0.29, 0.717) is 33.1 Å². The smallest absolute Gasteiger partial charge is 0.344 e. The van der Waals surface area contributed by atoms with E-state index in [1.807, 2.05) is 19.9 Å². The van der Waals surface area contributed by atoms with Crippen LogP contribution in [0.2, 0.25) is 5.02 Å². The summed E-state index contributed by atoms with van der Waals surface area (Å²) in [5, 5.41) is 5.15. The maximum absolute atomic E-state index is 13.0. The van der Waals surface area contributed by atoms with Gasteiger partial charge in [-0.1, -0.05) is 41.4 Å². The number of halogens is 2. The fourth-order valence-corrected chi connectivity index (χ4v) is 3.43. The first-order valence-electron chi connectivity index (χ1n) is 9.64. The molecule has 0 N–H and O–H groups in total. The van der Waals surface area contributed by atoms with Crippen LogP contribution >= 0.6 is 27.5 Å². The molecule has 1 aromatic heterocycles. The van der Waals surface area contributed by atoms with Crippen molar-refractivity contribution in [3.05, 3.63) is 67.6 Å². The molecule has 162 valence electrons. The highest BCUT2D eigenvalue weighted by Crippen LogP contribution is 2.25. The fourth-order valence-electron chi connectivity index (χ4n) is 2.83.